The molecule has 0 aliphatic rings. The van der Waals surface area contributed by atoms with Gasteiger partial charge < -0.3 is 28.4 Å². The lowest BCUT2D eigenvalue weighted by Gasteiger charge is -2.15. The third-order valence-electron chi connectivity index (χ3n) is 25.2. The minimum absolute atomic E-state index is 0.707. The van der Waals surface area contributed by atoms with Crippen LogP contribution in [-0.2, 0) is 19.6 Å². The highest BCUT2D eigenvalue weighted by Crippen LogP contribution is 2.37. The van der Waals surface area contributed by atoms with Gasteiger partial charge in [0.1, 0.15) is 0 Å². The van der Waals surface area contributed by atoms with Crippen LogP contribution in [-0.4, -0.2) is 39.6 Å². The number of ether oxygens (including phenoxy) is 6. The highest BCUT2D eigenvalue weighted by Gasteiger charge is 2.19. The maximum atomic E-state index is 6.68. The van der Waals surface area contributed by atoms with Gasteiger partial charge in [0.2, 0.25) is 0 Å². The Bertz CT molecular complexity index is 3270. The number of hydrogen-bond donors (Lipinski definition) is 0. The molecule has 0 saturated carbocycles. The molecule has 7 aromatic rings. The van der Waals surface area contributed by atoms with Gasteiger partial charge in [-0.1, -0.05) is 406 Å². The van der Waals surface area contributed by atoms with Gasteiger partial charge in [-0.3, -0.25) is 0 Å². The van der Waals surface area contributed by atoms with Gasteiger partial charge >= 0.3 is 0 Å². The van der Waals surface area contributed by atoms with E-state index in [0.29, 0.717) is 19.8 Å². The highest BCUT2D eigenvalue weighted by molar-refractivity contribution is 5.68. The standard InChI is InChI=1S/C114H180N3O6/c1-7-13-19-25-31-37-43-49-55-61-85-118-109-70-67-106(94-112(109)121-88-64-58-52-46-40-34-28-22-16-10-4)103-73-79-115(80-74-103)97-100-91-101(98-116-81-75-104(76-82-116)107-68-71-110(119-86-62-56-50-44-38-32-26-20-14-8-2)113(95-107)122-89-65-59-53-47-41-35-29-23-17-11-5)93-102(92-100)99-117-83-77-105(78-84-117)108-69-72-111(120-87-63-57-51-45-39-33-27-21-15-9-3)114(96-108)123-90-66-60-54-48-42-36-30-24-18-12-6/h67-84,91-96H,7-66,85-90,97-99H2,1-6H3/q+3. The van der Waals surface area contributed by atoms with Gasteiger partial charge in [-0.15, -0.1) is 0 Å². The molecule has 0 radical (unpaired) electrons. The van der Waals surface area contributed by atoms with Crippen LogP contribution in [0.3, 0.4) is 0 Å². The van der Waals surface area contributed by atoms with E-state index in [4.69, 9.17) is 28.4 Å². The fourth-order valence-electron chi connectivity index (χ4n) is 17.4. The van der Waals surface area contributed by atoms with Crippen molar-refractivity contribution in [3.63, 3.8) is 0 Å². The molecule has 0 aliphatic carbocycles. The van der Waals surface area contributed by atoms with Gasteiger partial charge in [0.25, 0.3) is 0 Å². The molecule has 3 heterocycles. The average molecular weight is 1690 g/mol. The first kappa shape index (κ1) is 103. The summed E-state index contributed by atoms with van der Waals surface area (Å²) < 4.78 is 46.7. The molecule has 684 valence electrons. The molecule has 7 rings (SSSR count). The maximum Gasteiger partial charge on any atom is 0.173 e. The summed E-state index contributed by atoms with van der Waals surface area (Å²) in [4.78, 5) is 0. The normalized spacial score (nSPS) is 11.5. The molecule has 0 N–H and O–H groups in total. The Labute approximate surface area is 754 Å². The summed E-state index contributed by atoms with van der Waals surface area (Å²) in [5.41, 5.74) is 10.7. The molecule has 0 bridgehead atoms. The first-order valence-corrected chi connectivity index (χ1v) is 52.2. The van der Waals surface area contributed by atoms with E-state index in [9.17, 15) is 0 Å². The Morgan fingerprint density at radius 3 is 0.480 bits per heavy atom. The zero-order valence-electron chi connectivity index (χ0n) is 79.9. The Hall–Kier alpha value is -6.87. The minimum atomic E-state index is 0.707. The van der Waals surface area contributed by atoms with Crippen molar-refractivity contribution < 1.29 is 42.1 Å². The lowest BCUT2D eigenvalue weighted by Crippen LogP contribution is -2.36. The third kappa shape index (κ3) is 47.5. The quantitative estimate of drug-likeness (QED) is 0.0280. The average Bonchev–Trinajstić information content (AvgIpc) is 0.819. The number of pyridine rings is 3. The predicted molar refractivity (Wildman–Crippen MR) is 524 cm³/mol. The lowest BCUT2D eigenvalue weighted by molar-refractivity contribution is -0.690. The van der Waals surface area contributed by atoms with Crippen molar-refractivity contribution >= 4 is 0 Å². The van der Waals surface area contributed by atoms with Crippen molar-refractivity contribution in [1.29, 1.82) is 0 Å². The van der Waals surface area contributed by atoms with E-state index < -0.39 is 0 Å². The van der Waals surface area contributed by atoms with Crippen molar-refractivity contribution in [3.8, 4) is 67.9 Å². The van der Waals surface area contributed by atoms with E-state index >= 15 is 0 Å². The molecule has 0 saturated heterocycles. The van der Waals surface area contributed by atoms with E-state index in [1.54, 1.807) is 0 Å². The monoisotopic (exact) mass is 1690 g/mol. The zero-order chi connectivity index (χ0) is 86.4. The summed E-state index contributed by atoms with van der Waals surface area (Å²) in [5.74, 6) is 5.19. The van der Waals surface area contributed by atoms with Gasteiger partial charge in [0.05, 0.1) is 39.6 Å². The van der Waals surface area contributed by atoms with Crippen LogP contribution in [0, 0.1) is 0 Å². The van der Waals surface area contributed by atoms with E-state index in [1.165, 1.54) is 380 Å². The van der Waals surface area contributed by atoms with Crippen LogP contribution in [0.1, 0.15) is 443 Å². The van der Waals surface area contributed by atoms with Gasteiger partial charge in [-0.2, -0.15) is 0 Å². The minimum Gasteiger partial charge on any atom is -0.490 e. The number of benzene rings is 4. The van der Waals surface area contributed by atoms with Gasteiger partial charge in [-0.25, -0.2) is 13.7 Å². The summed E-state index contributed by atoms with van der Waals surface area (Å²) in [6.45, 7) is 20.3. The number of hydrogen-bond acceptors (Lipinski definition) is 6. The molecule has 0 fully saturated rings. The molecule has 4 aromatic carbocycles. The van der Waals surface area contributed by atoms with Crippen molar-refractivity contribution in [2.75, 3.05) is 39.6 Å². The molecule has 9 heteroatoms. The fourth-order valence-corrected chi connectivity index (χ4v) is 17.4. The number of aromatic nitrogens is 3. The zero-order valence-corrected chi connectivity index (χ0v) is 79.9. The first-order chi connectivity index (χ1) is 60.9. The molecule has 0 amide bonds. The molecule has 0 atom stereocenters. The summed E-state index contributed by atoms with van der Waals surface area (Å²) in [7, 11) is 0. The predicted octanol–water partition coefficient (Wildman–Crippen LogP) is 33.5. The summed E-state index contributed by atoms with van der Waals surface area (Å²) in [6, 6.07) is 40.7. The van der Waals surface area contributed by atoms with E-state index in [0.717, 1.165) is 129 Å². The largest absolute Gasteiger partial charge is 0.490 e. The Balaban J connectivity index is 1.08. The van der Waals surface area contributed by atoms with Crippen LogP contribution >= 0.6 is 0 Å². The van der Waals surface area contributed by atoms with Crippen LogP contribution in [0.25, 0.3) is 33.4 Å². The third-order valence-corrected chi connectivity index (χ3v) is 25.2. The number of nitrogens with zero attached hydrogens (tertiary/aromatic N) is 3. The molecule has 123 heavy (non-hydrogen) atoms. The smallest absolute Gasteiger partial charge is 0.173 e. The molecule has 0 spiro atoms. The van der Waals surface area contributed by atoms with Crippen molar-refractivity contribution in [1.82, 2.24) is 0 Å². The van der Waals surface area contributed by atoms with Gasteiger partial charge in [0.15, 0.2) is 91.3 Å². The molecular formula is C114H180N3O6+3. The molecule has 9 nitrogen and oxygen atoms in total. The second-order valence-electron chi connectivity index (χ2n) is 36.6. The fraction of sp³-hybridized carbons (Fsp3) is 0.658. The van der Waals surface area contributed by atoms with Crippen molar-refractivity contribution in [2.24, 2.45) is 0 Å². The number of unbranched alkanes of at least 4 members (excludes halogenated alkanes) is 54. The maximum absolute atomic E-state index is 6.68. The van der Waals surface area contributed by atoms with Crippen molar-refractivity contribution in [3.05, 3.63) is 163 Å². The van der Waals surface area contributed by atoms with E-state index in [2.05, 4.69) is 202 Å². The van der Waals surface area contributed by atoms with Crippen LogP contribution in [0.2, 0.25) is 0 Å². The summed E-state index contributed by atoms with van der Waals surface area (Å²) in [6.07, 6.45) is 91.9. The SMILES string of the molecule is CCCCCCCCCCCCOc1ccc(-c2cc[n+](Cc3cc(C[n+]4ccc(-c5ccc(OCCCCCCCCCCCC)c(OCCCCCCCCCCCC)c5)cc4)cc(C[n+]4ccc(-c5ccc(OCCCCCCCCCCCC)c(OCCCCCCCCCCCC)c5)cc4)c3)cc2)cc1OCCCCCCCCCCCC. The van der Waals surface area contributed by atoms with Crippen molar-refractivity contribution in [2.45, 2.75) is 446 Å². The van der Waals surface area contributed by atoms with Gasteiger partial charge in [0, 0.05) is 53.1 Å². The Morgan fingerprint density at radius 2 is 0.309 bits per heavy atom. The Kier molecular flexibility index (Phi) is 58.9. The number of rotatable bonds is 81. The molecule has 0 unspecified atom stereocenters. The molecular weight excluding hydrogens is 1510 g/mol. The summed E-state index contributed by atoms with van der Waals surface area (Å²) >= 11 is 0. The first-order valence-electron chi connectivity index (χ1n) is 52.2. The van der Waals surface area contributed by atoms with Crippen LogP contribution in [0.15, 0.2) is 146 Å². The van der Waals surface area contributed by atoms with Gasteiger partial charge in [-0.05, 0) is 127 Å². The molecule has 0 aliphatic heterocycles. The van der Waals surface area contributed by atoms with Crippen LogP contribution in [0.5, 0.6) is 34.5 Å². The second kappa shape index (κ2) is 70.2. The Morgan fingerprint density at radius 1 is 0.154 bits per heavy atom. The summed E-state index contributed by atoms with van der Waals surface area (Å²) in [5, 5.41) is 0. The highest BCUT2D eigenvalue weighted by atomic mass is 16.5. The van der Waals surface area contributed by atoms with Crippen LogP contribution in [0.4, 0.5) is 0 Å². The molecule has 3 aromatic heterocycles. The van der Waals surface area contributed by atoms with Crippen LogP contribution < -0.4 is 42.1 Å². The topological polar surface area (TPSA) is 67.0 Å². The van der Waals surface area contributed by atoms with E-state index in [1.807, 2.05) is 0 Å². The lowest BCUT2D eigenvalue weighted by atomic mass is 10.0. The van der Waals surface area contributed by atoms with E-state index in [-0.39, 0.29) is 0 Å². The second-order valence-corrected chi connectivity index (χ2v) is 36.6.